The van der Waals surface area contributed by atoms with E-state index in [-0.39, 0.29) is 12.1 Å². The van der Waals surface area contributed by atoms with Gasteiger partial charge in [-0.1, -0.05) is 17.3 Å². The molecule has 2 atom stereocenters. The Balaban J connectivity index is 1.53. The van der Waals surface area contributed by atoms with Crippen LogP contribution in [0.15, 0.2) is 28.8 Å². The summed E-state index contributed by atoms with van der Waals surface area (Å²) < 4.78 is 21.7. The molecular formula is C16H21N3O4. The Morgan fingerprint density at radius 1 is 1.35 bits per heavy atom. The third-order valence-electron chi connectivity index (χ3n) is 3.70. The van der Waals surface area contributed by atoms with Crippen LogP contribution in [0.1, 0.15) is 30.2 Å². The van der Waals surface area contributed by atoms with E-state index in [0.29, 0.717) is 31.5 Å². The number of benzene rings is 1. The first-order valence-electron chi connectivity index (χ1n) is 7.64. The second-order valence-corrected chi connectivity index (χ2v) is 5.40. The average molecular weight is 319 g/mol. The minimum atomic E-state index is -0.0663. The molecule has 1 N–H and O–H groups in total. The summed E-state index contributed by atoms with van der Waals surface area (Å²) in [6, 6.07) is 7.68. The van der Waals surface area contributed by atoms with E-state index in [4.69, 9.17) is 18.7 Å². The van der Waals surface area contributed by atoms with E-state index in [1.54, 1.807) is 7.11 Å². The first-order valence-corrected chi connectivity index (χ1v) is 7.64. The largest absolute Gasteiger partial charge is 0.497 e. The maximum absolute atomic E-state index is 5.64. The molecule has 124 valence electrons. The van der Waals surface area contributed by atoms with Gasteiger partial charge >= 0.3 is 0 Å². The monoisotopic (exact) mass is 319 g/mol. The fourth-order valence-electron chi connectivity index (χ4n) is 2.48. The third kappa shape index (κ3) is 4.07. The van der Waals surface area contributed by atoms with Crippen molar-refractivity contribution in [1.29, 1.82) is 0 Å². The molecule has 7 nitrogen and oxygen atoms in total. The van der Waals surface area contributed by atoms with E-state index in [0.717, 1.165) is 17.9 Å². The van der Waals surface area contributed by atoms with Gasteiger partial charge in [-0.2, -0.15) is 4.98 Å². The minimum Gasteiger partial charge on any atom is -0.497 e. The SMILES string of the molecule is COc1cccc(COCc2noc([C@H]3NCCO[C@@H]3C)n2)c1. The smallest absolute Gasteiger partial charge is 0.246 e. The van der Waals surface area contributed by atoms with Gasteiger partial charge in [-0.3, -0.25) is 0 Å². The van der Waals surface area contributed by atoms with E-state index in [9.17, 15) is 0 Å². The average Bonchev–Trinajstić information content (AvgIpc) is 3.04. The normalized spacial score (nSPS) is 21.3. The van der Waals surface area contributed by atoms with E-state index in [2.05, 4.69) is 15.5 Å². The first kappa shape index (κ1) is 15.9. The molecule has 1 aromatic heterocycles. The molecule has 1 aliphatic heterocycles. The Morgan fingerprint density at radius 2 is 2.26 bits per heavy atom. The lowest BCUT2D eigenvalue weighted by atomic mass is 10.1. The van der Waals surface area contributed by atoms with Crippen molar-refractivity contribution in [2.24, 2.45) is 0 Å². The van der Waals surface area contributed by atoms with Crippen LogP contribution in [-0.4, -0.2) is 36.5 Å². The van der Waals surface area contributed by atoms with Crippen LogP contribution in [0.25, 0.3) is 0 Å². The highest BCUT2D eigenvalue weighted by Gasteiger charge is 2.28. The molecule has 23 heavy (non-hydrogen) atoms. The molecule has 1 saturated heterocycles. The Kier molecular flexibility index (Phi) is 5.22. The van der Waals surface area contributed by atoms with E-state index >= 15 is 0 Å². The number of morpholine rings is 1. The summed E-state index contributed by atoms with van der Waals surface area (Å²) in [6.45, 7) is 4.21. The Morgan fingerprint density at radius 3 is 3.09 bits per heavy atom. The molecule has 2 heterocycles. The second-order valence-electron chi connectivity index (χ2n) is 5.40. The van der Waals surface area contributed by atoms with Crippen molar-refractivity contribution >= 4 is 0 Å². The lowest BCUT2D eigenvalue weighted by molar-refractivity contribution is -0.00136. The number of methoxy groups -OCH3 is 1. The van der Waals surface area contributed by atoms with Crippen molar-refractivity contribution in [3.63, 3.8) is 0 Å². The van der Waals surface area contributed by atoms with Crippen LogP contribution in [0.4, 0.5) is 0 Å². The minimum absolute atomic E-state index is 0.00903. The number of hydrogen-bond acceptors (Lipinski definition) is 7. The lowest BCUT2D eigenvalue weighted by Gasteiger charge is -2.27. The number of rotatable bonds is 6. The summed E-state index contributed by atoms with van der Waals surface area (Å²) in [5.41, 5.74) is 1.03. The van der Waals surface area contributed by atoms with Crippen LogP contribution in [0, 0.1) is 0 Å². The Hall–Kier alpha value is -1.96. The number of hydrogen-bond donors (Lipinski definition) is 1. The van der Waals surface area contributed by atoms with Gasteiger partial charge in [0.1, 0.15) is 18.4 Å². The number of nitrogens with one attached hydrogen (secondary N) is 1. The molecule has 0 saturated carbocycles. The fourth-order valence-corrected chi connectivity index (χ4v) is 2.48. The van der Waals surface area contributed by atoms with Gasteiger partial charge < -0.3 is 24.1 Å². The van der Waals surface area contributed by atoms with Gasteiger partial charge in [0.15, 0.2) is 5.82 Å². The van der Waals surface area contributed by atoms with Gasteiger partial charge in [-0.05, 0) is 24.6 Å². The summed E-state index contributed by atoms with van der Waals surface area (Å²) in [5, 5.41) is 7.28. The molecule has 0 aliphatic carbocycles. The van der Waals surface area contributed by atoms with Crippen LogP contribution in [0.5, 0.6) is 5.75 Å². The maximum atomic E-state index is 5.64. The van der Waals surface area contributed by atoms with E-state index in [1.165, 1.54) is 0 Å². The van der Waals surface area contributed by atoms with Crippen molar-refractivity contribution in [1.82, 2.24) is 15.5 Å². The summed E-state index contributed by atoms with van der Waals surface area (Å²) >= 11 is 0. The number of aromatic nitrogens is 2. The zero-order valence-electron chi connectivity index (χ0n) is 13.3. The molecule has 1 aromatic carbocycles. The van der Waals surface area contributed by atoms with Crippen LogP contribution >= 0.6 is 0 Å². The molecule has 0 unspecified atom stereocenters. The lowest BCUT2D eigenvalue weighted by Crippen LogP contribution is -2.40. The zero-order chi connectivity index (χ0) is 16.1. The van der Waals surface area contributed by atoms with Crippen LogP contribution in [-0.2, 0) is 22.7 Å². The summed E-state index contributed by atoms with van der Waals surface area (Å²) in [7, 11) is 1.64. The fraction of sp³-hybridized carbons (Fsp3) is 0.500. The summed E-state index contributed by atoms with van der Waals surface area (Å²) in [4.78, 5) is 4.38. The van der Waals surface area contributed by atoms with Crippen molar-refractivity contribution in [2.75, 3.05) is 20.3 Å². The standard InChI is InChI=1S/C16H21N3O4/c1-11-15(17-6-7-22-11)16-18-14(19-23-16)10-21-9-12-4-3-5-13(8-12)20-2/h3-5,8,11,15,17H,6-7,9-10H2,1-2H3/t11-,15+/m1/s1. The van der Waals surface area contributed by atoms with Gasteiger partial charge in [0.2, 0.25) is 5.89 Å². The topological polar surface area (TPSA) is 78.6 Å². The second kappa shape index (κ2) is 7.54. The van der Waals surface area contributed by atoms with Gasteiger partial charge in [0.25, 0.3) is 0 Å². The van der Waals surface area contributed by atoms with E-state index in [1.807, 2.05) is 31.2 Å². The molecule has 0 bridgehead atoms. The quantitative estimate of drug-likeness (QED) is 0.870. The predicted octanol–water partition coefficient (Wildman–Crippen LogP) is 1.84. The third-order valence-corrected chi connectivity index (χ3v) is 3.70. The maximum Gasteiger partial charge on any atom is 0.246 e. The van der Waals surface area contributed by atoms with Gasteiger partial charge in [-0.15, -0.1) is 0 Å². The van der Waals surface area contributed by atoms with Gasteiger partial charge in [0, 0.05) is 6.54 Å². The molecule has 1 aliphatic rings. The van der Waals surface area contributed by atoms with Crippen molar-refractivity contribution in [3.05, 3.63) is 41.5 Å². The first-order chi connectivity index (χ1) is 11.3. The zero-order valence-corrected chi connectivity index (χ0v) is 13.3. The number of nitrogens with zero attached hydrogens (tertiary/aromatic N) is 2. The molecule has 0 amide bonds. The number of ether oxygens (including phenoxy) is 3. The Labute approximate surface area is 134 Å². The van der Waals surface area contributed by atoms with Crippen molar-refractivity contribution < 1.29 is 18.7 Å². The molecule has 3 rings (SSSR count). The molecule has 2 aromatic rings. The summed E-state index contributed by atoms with van der Waals surface area (Å²) in [6.07, 6.45) is 0.00903. The van der Waals surface area contributed by atoms with Crippen LogP contribution in [0.2, 0.25) is 0 Å². The van der Waals surface area contributed by atoms with Crippen LogP contribution < -0.4 is 10.1 Å². The van der Waals surface area contributed by atoms with E-state index < -0.39 is 0 Å². The summed E-state index contributed by atoms with van der Waals surface area (Å²) in [5.74, 6) is 1.88. The highest BCUT2D eigenvalue weighted by atomic mass is 16.5. The molecular weight excluding hydrogens is 298 g/mol. The molecule has 7 heteroatoms. The van der Waals surface area contributed by atoms with Crippen LogP contribution in [0.3, 0.4) is 0 Å². The molecule has 0 spiro atoms. The highest BCUT2D eigenvalue weighted by Crippen LogP contribution is 2.20. The predicted molar refractivity (Wildman–Crippen MR) is 81.9 cm³/mol. The van der Waals surface area contributed by atoms with Gasteiger partial charge in [0.05, 0.1) is 26.4 Å². The molecule has 0 radical (unpaired) electrons. The molecule has 1 fully saturated rings. The highest BCUT2D eigenvalue weighted by molar-refractivity contribution is 5.27. The van der Waals surface area contributed by atoms with Crippen molar-refractivity contribution in [3.8, 4) is 5.75 Å². The van der Waals surface area contributed by atoms with Gasteiger partial charge in [-0.25, -0.2) is 0 Å². The van der Waals surface area contributed by atoms with Crippen molar-refractivity contribution in [2.45, 2.75) is 32.3 Å². The Bertz CT molecular complexity index is 631.